The lowest BCUT2D eigenvalue weighted by atomic mass is 9.84. The minimum absolute atomic E-state index is 0.0228. The molecule has 0 aliphatic heterocycles. The summed E-state index contributed by atoms with van der Waals surface area (Å²) >= 11 is 0. The zero-order valence-corrected chi connectivity index (χ0v) is 12.1. The Morgan fingerprint density at radius 2 is 2.23 bits per heavy atom. The van der Waals surface area contributed by atoms with Crippen LogP contribution in [0.3, 0.4) is 0 Å². The molecule has 22 heavy (non-hydrogen) atoms. The molecule has 1 aliphatic carbocycles. The highest BCUT2D eigenvalue weighted by Gasteiger charge is 2.30. The highest BCUT2D eigenvalue weighted by molar-refractivity contribution is 6.02. The van der Waals surface area contributed by atoms with Crippen LogP contribution in [0.5, 0.6) is 0 Å². The molecular weight excluding hydrogens is 284 g/mol. The van der Waals surface area contributed by atoms with Crippen molar-refractivity contribution in [1.29, 1.82) is 0 Å². The first kappa shape index (κ1) is 14.3. The molecular formula is C16H16N2O4. The fraction of sp³-hybridized carbons (Fsp3) is 0.312. The summed E-state index contributed by atoms with van der Waals surface area (Å²) in [5, 5.41) is 2.57. The van der Waals surface area contributed by atoms with Crippen LogP contribution in [0.15, 0.2) is 33.7 Å². The van der Waals surface area contributed by atoms with Crippen molar-refractivity contribution in [3.05, 3.63) is 57.4 Å². The van der Waals surface area contributed by atoms with Crippen LogP contribution in [0, 0.1) is 0 Å². The highest BCUT2D eigenvalue weighted by Crippen LogP contribution is 2.31. The van der Waals surface area contributed by atoms with Crippen molar-refractivity contribution >= 4 is 11.7 Å². The second kappa shape index (κ2) is 5.63. The number of hydrogen-bond donors (Lipinski definition) is 2. The molecule has 0 bridgehead atoms. The topological polar surface area (TPSA) is 92.2 Å². The lowest BCUT2D eigenvalue weighted by Gasteiger charge is -2.22. The van der Waals surface area contributed by atoms with Gasteiger partial charge in [0, 0.05) is 30.1 Å². The molecule has 6 nitrogen and oxygen atoms in total. The van der Waals surface area contributed by atoms with E-state index in [0.717, 1.165) is 5.76 Å². The third kappa shape index (κ3) is 2.47. The summed E-state index contributed by atoms with van der Waals surface area (Å²) < 4.78 is 5.35. The molecule has 3 rings (SSSR count). The van der Waals surface area contributed by atoms with E-state index >= 15 is 0 Å². The van der Waals surface area contributed by atoms with Gasteiger partial charge in [-0.15, -0.1) is 0 Å². The second-order valence-corrected chi connectivity index (χ2v) is 5.31. The fourth-order valence-electron chi connectivity index (χ4n) is 2.78. The van der Waals surface area contributed by atoms with Crippen molar-refractivity contribution in [3.8, 4) is 0 Å². The molecule has 1 unspecified atom stereocenters. The van der Waals surface area contributed by atoms with Gasteiger partial charge in [0.15, 0.2) is 5.78 Å². The number of carbonyl (C=O) groups is 2. The normalized spacial score (nSPS) is 17.1. The lowest BCUT2D eigenvalue weighted by molar-refractivity contribution is 0.0954. The van der Waals surface area contributed by atoms with Crippen LogP contribution in [-0.2, 0) is 6.42 Å². The minimum Gasteiger partial charge on any atom is -0.469 e. The molecule has 2 N–H and O–H groups in total. The van der Waals surface area contributed by atoms with Crippen LogP contribution in [0.2, 0.25) is 0 Å². The van der Waals surface area contributed by atoms with Crippen LogP contribution in [-0.4, -0.2) is 23.2 Å². The number of amides is 1. The molecule has 1 aliphatic rings. The van der Waals surface area contributed by atoms with Crippen molar-refractivity contribution in [2.45, 2.75) is 25.7 Å². The minimum atomic E-state index is -0.474. The first-order chi connectivity index (χ1) is 10.6. The number of furan rings is 1. The molecule has 0 radical (unpaired) electrons. The number of pyridine rings is 1. The molecule has 1 atom stereocenters. The van der Waals surface area contributed by atoms with Gasteiger partial charge in [-0.05, 0) is 31.5 Å². The first-order valence-electron chi connectivity index (χ1n) is 7.21. The standard InChI is InChI=1S/C16H16N2O4/c1-2-17-15(20)11-8-10-12(18-16(11)21)6-9(7-13(10)19)14-4-3-5-22-14/h3-5,8-9H,2,6-7H2,1H3,(H,17,20)(H,18,21). The molecule has 0 saturated heterocycles. The number of aromatic amines is 1. The Bertz CT molecular complexity index is 774. The van der Waals surface area contributed by atoms with Gasteiger partial charge in [-0.2, -0.15) is 0 Å². The van der Waals surface area contributed by atoms with E-state index in [-0.39, 0.29) is 17.3 Å². The monoisotopic (exact) mass is 300 g/mol. The maximum absolute atomic E-state index is 12.3. The largest absolute Gasteiger partial charge is 0.469 e. The smallest absolute Gasteiger partial charge is 0.261 e. The Hall–Kier alpha value is -2.63. The molecule has 2 aromatic rings. The number of H-pyrrole nitrogens is 1. The number of nitrogens with one attached hydrogen (secondary N) is 2. The molecule has 2 aromatic heterocycles. The van der Waals surface area contributed by atoms with Crippen molar-refractivity contribution in [2.75, 3.05) is 6.54 Å². The first-order valence-corrected chi connectivity index (χ1v) is 7.21. The van der Waals surface area contributed by atoms with Gasteiger partial charge < -0.3 is 14.7 Å². The third-order valence-corrected chi connectivity index (χ3v) is 3.83. The summed E-state index contributed by atoms with van der Waals surface area (Å²) in [4.78, 5) is 38.9. The van der Waals surface area contributed by atoms with Crippen molar-refractivity contribution in [3.63, 3.8) is 0 Å². The Labute approximate surface area is 126 Å². The summed E-state index contributed by atoms with van der Waals surface area (Å²) in [6, 6.07) is 5.00. The second-order valence-electron chi connectivity index (χ2n) is 5.31. The van der Waals surface area contributed by atoms with E-state index in [1.807, 2.05) is 6.07 Å². The molecule has 0 spiro atoms. The lowest BCUT2D eigenvalue weighted by Crippen LogP contribution is -2.32. The number of ketones is 1. The Kier molecular flexibility index (Phi) is 3.66. The molecule has 1 amide bonds. The van der Waals surface area contributed by atoms with Gasteiger partial charge in [0.25, 0.3) is 11.5 Å². The zero-order valence-electron chi connectivity index (χ0n) is 12.1. The van der Waals surface area contributed by atoms with Gasteiger partial charge in [-0.1, -0.05) is 0 Å². The maximum atomic E-state index is 12.3. The van der Waals surface area contributed by atoms with Crippen LogP contribution >= 0.6 is 0 Å². The van der Waals surface area contributed by atoms with Gasteiger partial charge >= 0.3 is 0 Å². The predicted octanol–water partition coefficient (Wildman–Crippen LogP) is 1.63. The summed E-state index contributed by atoms with van der Waals surface area (Å²) in [5.41, 5.74) is 0.488. The van der Waals surface area contributed by atoms with E-state index in [1.54, 1.807) is 19.3 Å². The number of fused-ring (bicyclic) bond motifs is 1. The Morgan fingerprint density at radius 3 is 2.91 bits per heavy atom. The summed E-state index contributed by atoms with van der Waals surface area (Å²) in [6.45, 7) is 2.19. The van der Waals surface area contributed by atoms with Crippen LogP contribution in [0.25, 0.3) is 0 Å². The van der Waals surface area contributed by atoms with Crippen LogP contribution in [0.4, 0.5) is 0 Å². The highest BCUT2D eigenvalue weighted by atomic mass is 16.3. The summed E-state index contributed by atoms with van der Waals surface area (Å²) in [7, 11) is 0. The van der Waals surface area contributed by atoms with Crippen molar-refractivity contribution in [2.24, 2.45) is 0 Å². The van der Waals surface area contributed by atoms with Gasteiger partial charge in [0.05, 0.1) is 6.26 Å². The number of aromatic nitrogens is 1. The van der Waals surface area contributed by atoms with Crippen LogP contribution < -0.4 is 10.9 Å². The van der Waals surface area contributed by atoms with Crippen molar-refractivity contribution in [1.82, 2.24) is 10.3 Å². The van der Waals surface area contributed by atoms with E-state index in [2.05, 4.69) is 10.3 Å². The molecule has 114 valence electrons. The van der Waals surface area contributed by atoms with Crippen molar-refractivity contribution < 1.29 is 14.0 Å². The third-order valence-electron chi connectivity index (χ3n) is 3.83. The van der Waals surface area contributed by atoms with Gasteiger partial charge in [-0.25, -0.2) is 0 Å². The number of hydrogen-bond acceptors (Lipinski definition) is 4. The van der Waals surface area contributed by atoms with Gasteiger partial charge in [0.2, 0.25) is 0 Å². The fourth-order valence-corrected chi connectivity index (χ4v) is 2.78. The zero-order chi connectivity index (χ0) is 15.7. The van der Waals surface area contributed by atoms with E-state index in [1.165, 1.54) is 6.07 Å². The van der Waals surface area contributed by atoms with Crippen LogP contribution in [0.1, 0.15) is 51.4 Å². The number of carbonyl (C=O) groups excluding carboxylic acids is 2. The maximum Gasteiger partial charge on any atom is 0.261 e. The molecule has 2 heterocycles. The average Bonchev–Trinajstić information content (AvgIpc) is 3.00. The summed E-state index contributed by atoms with van der Waals surface area (Å²) in [5.74, 6) is 0.0885. The molecule has 0 saturated carbocycles. The van der Waals surface area contributed by atoms with Gasteiger partial charge in [-0.3, -0.25) is 14.4 Å². The molecule has 0 aromatic carbocycles. The van der Waals surface area contributed by atoms with E-state index < -0.39 is 11.5 Å². The van der Waals surface area contributed by atoms with E-state index in [0.29, 0.717) is 30.6 Å². The Balaban J connectivity index is 1.98. The quantitative estimate of drug-likeness (QED) is 0.901. The molecule has 0 fully saturated rings. The van der Waals surface area contributed by atoms with E-state index in [4.69, 9.17) is 4.42 Å². The number of rotatable bonds is 3. The number of Topliss-reactive ketones (excluding diaryl/α,β-unsaturated/α-hetero) is 1. The SMILES string of the molecule is CCNC(=O)c1cc2c([nH]c1=O)CC(c1ccco1)CC2=O. The van der Waals surface area contributed by atoms with Gasteiger partial charge in [0.1, 0.15) is 11.3 Å². The molecule has 6 heteroatoms. The predicted molar refractivity (Wildman–Crippen MR) is 79.2 cm³/mol. The average molecular weight is 300 g/mol. The van der Waals surface area contributed by atoms with E-state index in [9.17, 15) is 14.4 Å². The Morgan fingerprint density at radius 1 is 1.41 bits per heavy atom. The summed E-state index contributed by atoms with van der Waals surface area (Å²) in [6.07, 6.45) is 2.39.